The average Bonchev–Trinajstić information content (AvgIpc) is 3.27. The molecule has 0 radical (unpaired) electrons. The van der Waals surface area contributed by atoms with Crippen molar-refractivity contribution < 1.29 is 9.18 Å². The average molecular weight is 290 g/mol. The van der Waals surface area contributed by atoms with Crippen molar-refractivity contribution >= 4 is 5.91 Å². The molecule has 3 unspecified atom stereocenters. The van der Waals surface area contributed by atoms with Gasteiger partial charge in [-0.1, -0.05) is 19.1 Å². The summed E-state index contributed by atoms with van der Waals surface area (Å²) in [6.45, 7) is 6.07. The van der Waals surface area contributed by atoms with E-state index in [1.54, 1.807) is 6.07 Å². The van der Waals surface area contributed by atoms with Gasteiger partial charge < -0.3 is 4.90 Å². The first-order chi connectivity index (χ1) is 9.96. The van der Waals surface area contributed by atoms with Gasteiger partial charge in [-0.05, 0) is 56.7 Å². The molecule has 1 saturated carbocycles. The molecule has 0 aromatic heterocycles. The number of amides is 1. The third-order valence-electron chi connectivity index (χ3n) is 5.05. The van der Waals surface area contributed by atoms with Gasteiger partial charge in [0.25, 0.3) is 0 Å². The van der Waals surface area contributed by atoms with Gasteiger partial charge in [-0.2, -0.15) is 0 Å². The molecule has 3 nitrogen and oxygen atoms in total. The first kappa shape index (κ1) is 14.5. The molecular formula is C17H23FN2O. The predicted octanol–water partition coefficient (Wildman–Crippen LogP) is 3.22. The maximum Gasteiger partial charge on any atom is 0.244 e. The second-order valence-corrected chi connectivity index (χ2v) is 6.58. The van der Waals surface area contributed by atoms with Crippen molar-refractivity contribution in [2.24, 2.45) is 5.92 Å². The molecule has 1 N–H and O–H groups in total. The highest BCUT2D eigenvalue weighted by molar-refractivity contribution is 5.89. The Kier molecular flexibility index (Phi) is 3.52. The topological polar surface area (TPSA) is 32.3 Å². The van der Waals surface area contributed by atoms with Crippen molar-refractivity contribution in [1.29, 1.82) is 0 Å². The van der Waals surface area contributed by atoms with Crippen LogP contribution in [-0.2, 0) is 4.79 Å². The van der Waals surface area contributed by atoms with Gasteiger partial charge in [-0.25, -0.2) is 4.39 Å². The van der Waals surface area contributed by atoms with Crippen LogP contribution in [0.15, 0.2) is 24.3 Å². The molecule has 3 atom stereocenters. The van der Waals surface area contributed by atoms with Crippen LogP contribution >= 0.6 is 0 Å². The minimum atomic E-state index is -0.555. The first-order valence-electron chi connectivity index (χ1n) is 7.82. The number of nitrogens with one attached hydrogen (secondary N) is 1. The normalized spacial score (nSPS) is 30.8. The van der Waals surface area contributed by atoms with Crippen molar-refractivity contribution in [3.8, 4) is 0 Å². The lowest BCUT2D eigenvalue weighted by atomic mass is 9.99. The Bertz CT molecular complexity index is 557. The molecule has 1 heterocycles. The molecule has 21 heavy (non-hydrogen) atoms. The van der Waals surface area contributed by atoms with Crippen LogP contribution in [0.3, 0.4) is 0 Å². The van der Waals surface area contributed by atoms with Crippen molar-refractivity contribution in [3.63, 3.8) is 0 Å². The van der Waals surface area contributed by atoms with Crippen LogP contribution in [-0.4, -0.2) is 22.4 Å². The molecule has 3 rings (SSSR count). The number of carbonyl (C=O) groups excluding carboxylic acids is 1. The van der Waals surface area contributed by atoms with E-state index in [0.29, 0.717) is 5.92 Å². The van der Waals surface area contributed by atoms with Gasteiger partial charge in [0.15, 0.2) is 0 Å². The zero-order chi connectivity index (χ0) is 15.2. The summed E-state index contributed by atoms with van der Waals surface area (Å²) in [5.74, 6) is 0.468. The Hall–Kier alpha value is -1.42. The van der Waals surface area contributed by atoms with Gasteiger partial charge in [0.05, 0.1) is 5.54 Å². The lowest BCUT2D eigenvalue weighted by Gasteiger charge is -2.31. The van der Waals surface area contributed by atoms with Crippen LogP contribution in [0.5, 0.6) is 0 Å². The van der Waals surface area contributed by atoms with E-state index < -0.39 is 5.54 Å². The van der Waals surface area contributed by atoms with Crippen molar-refractivity contribution in [1.82, 2.24) is 10.2 Å². The molecule has 2 aliphatic rings. The molecule has 4 heteroatoms. The third-order valence-corrected chi connectivity index (χ3v) is 5.05. The van der Waals surface area contributed by atoms with Gasteiger partial charge in [0.2, 0.25) is 5.91 Å². The van der Waals surface area contributed by atoms with Crippen LogP contribution in [0, 0.1) is 11.7 Å². The highest BCUT2D eigenvalue weighted by atomic mass is 19.1. The van der Waals surface area contributed by atoms with Crippen molar-refractivity contribution in [2.75, 3.05) is 0 Å². The number of nitrogens with zero attached hydrogens (tertiary/aromatic N) is 1. The van der Waals surface area contributed by atoms with Crippen LogP contribution < -0.4 is 5.32 Å². The SMILES string of the molecule is CCC1(C)NC(c2cccc(F)c2)N(C(C)C2CC2)C1=O. The lowest BCUT2D eigenvalue weighted by Crippen LogP contribution is -2.44. The zero-order valence-corrected chi connectivity index (χ0v) is 12.9. The summed E-state index contributed by atoms with van der Waals surface area (Å²) in [6.07, 6.45) is 2.87. The van der Waals surface area contributed by atoms with Crippen LogP contribution in [0.25, 0.3) is 0 Å². The summed E-state index contributed by atoms with van der Waals surface area (Å²) in [5.41, 5.74) is 0.271. The lowest BCUT2D eigenvalue weighted by molar-refractivity contribution is -0.135. The molecule has 1 aromatic carbocycles. The Balaban J connectivity index is 1.97. The number of carbonyl (C=O) groups is 1. The second-order valence-electron chi connectivity index (χ2n) is 6.58. The standard InChI is InChI=1S/C17H23FN2O/c1-4-17(3)16(21)20(11(2)12-8-9-12)15(19-17)13-6-5-7-14(18)10-13/h5-7,10-12,15,19H,4,8-9H2,1-3H3. The van der Waals surface area contributed by atoms with E-state index in [9.17, 15) is 9.18 Å². The number of hydrogen-bond donors (Lipinski definition) is 1. The zero-order valence-electron chi connectivity index (χ0n) is 12.9. The Morgan fingerprint density at radius 1 is 1.48 bits per heavy atom. The first-order valence-corrected chi connectivity index (χ1v) is 7.82. The van der Waals surface area contributed by atoms with E-state index in [4.69, 9.17) is 0 Å². The second kappa shape index (κ2) is 5.09. The smallest absolute Gasteiger partial charge is 0.244 e. The highest BCUT2D eigenvalue weighted by Crippen LogP contribution is 2.42. The molecule has 1 saturated heterocycles. The van der Waals surface area contributed by atoms with E-state index in [2.05, 4.69) is 12.2 Å². The summed E-state index contributed by atoms with van der Waals surface area (Å²) < 4.78 is 13.6. The van der Waals surface area contributed by atoms with Crippen LogP contribution in [0.1, 0.15) is 51.8 Å². The molecule has 0 bridgehead atoms. The summed E-state index contributed by atoms with van der Waals surface area (Å²) in [5, 5.41) is 3.43. The van der Waals surface area contributed by atoms with E-state index in [1.807, 2.05) is 24.8 Å². The Morgan fingerprint density at radius 2 is 2.19 bits per heavy atom. The molecule has 1 amide bonds. The fraction of sp³-hybridized carbons (Fsp3) is 0.588. The fourth-order valence-corrected chi connectivity index (χ4v) is 3.23. The maximum atomic E-state index is 13.6. The minimum absolute atomic E-state index is 0.138. The quantitative estimate of drug-likeness (QED) is 0.923. The predicted molar refractivity (Wildman–Crippen MR) is 80.0 cm³/mol. The minimum Gasteiger partial charge on any atom is -0.318 e. The van der Waals surface area contributed by atoms with Gasteiger partial charge in [0.1, 0.15) is 12.0 Å². The summed E-state index contributed by atoms with van der Waals surface area (Å²) in [7, 11) is 0. The molecule has 1 aliphatic carbocycles. The van der Waals surface area contributed by atoms with Crippen LogP contribution in [0.2, 0.25) is 0 Å². The number of hydrogen-bond acceptors (Lipinski definition) is 2. The van der Waals surface area contributed by atoms with Gasteiger partial charge >= 0.3 is 0 Å². The Morgan fingerprint density at radius 3 is 2.76 bits per heavy atom. The van der Waals surface area contributed by atoms with Crippen molar-refractivity contribution in [2.45, 2.75) is 57.8 Å². The highest BCUT2D eigenvalue weighted by Gasteiger charge is 2.51. The molecule has 2 fully saturated rings. The van der Waals surface area contributed by atoms with E-state index >= 15 is 0 Å². The Labute approximate surface area is 125 Å². The van der Waals surface area contributed by atoms with Gasteiger partial charge in [0, 0.05) is 6.04 Å². The summed E-state index contributed by atoms with van der Waals surface area (Å²) >= 11 is 0. The number of benzene rings is 1. The molecular weight excluding hydrogens is 267 g/mol. The van der Waals surface area contributed by atoms with Crippen LogP contribution in [0.4, 0.5) is 4.39 Å². The van der Waals surface area contributed by atoms with E-state index in [-0.39, 0.29) is 23.9 Å². The van der Waals surface area contributed by atoms with Crippen molar-refractivity contribution in [3.05, 3.63) is 35.6 Å². The molecule has 114 valence electrons. The van der Waals surface area contributed by atoms with Gasteiger partial charge in [-0.15, -0.1) is 0 Å². The van der Waals surface area contributed by atoms with E-state index in [1.165, 1.54) is 25.0 Å². The fourth-order valence-electron chi connectivity index (χ4n) is 3.23. The monoisotopic (exact) mass is 290 g/mol. The summed E-state index contributed by atoms with van der Waals surface area (Å²) in [6, 6.07) is 6.76. The molecule has 1 aromatic rings. The van der Waals surface area contributed by atoms with E-state index in [0.717, 1.165) is 12.0 Å². The summed E-state index contributed by atoms with van der Waals surface area (Å²) in [4.78, 5) is 14.8. The largest absolute Gasteiger partial charge is 0.318 e. The number of rotatable bonds is 4. The van der Waals surface area contributed by atoms with Gasteiger partial charge in [-0.3, -0.25) is 10.1 Å². The number of halogens is 1. The third kappa shape index (κ3) is 2.46. The molecule has 0 spiro atoms. The molecule has 1 aliphatic heterocycles. The maximum absolute atomic E-state index is 13.6.